The Balaban J connectivity index is 2.19. The Bertz CT molecular complexity index is 120. The fraction of sp³-hybridized carbons (Fsp3) is 0.857. The Hall–Kier alpha value is -0.0400. The van der Waals surface area contributed by atoms with Gasteiger partial charge in [0.05, 0.1) is 0 Å². The van der Waals surface area contributed by atoms with Crippen LogP contribution in [-0.4, -0.2) is 5.60 Å². The lowest BCUT2D eigenvalue weighted by Gasteiger charge is -2.07. The van der Waals surface area contributed by atoms with Crippen molar-refractivity contribution in [3.05, 3.63) is 6.10 Å². The number of fused-ring (bicyclic) bond motifs is 1. The molecule has 0 spiro atoms. The van der Waals surface area contributed by atoms with Crippen molar-refractivity contribution in [2.75, 3.05) is 0 Å². The van der Waals surface area contributed by atoms with Crippen molar-refractivity contribution in [3.8, 4) is 0 Å². The summed E-state index contributed by atoms with van der Waals surface area (Å²) in [6.07, 6.45) is 3.91. The summed E-state index contributed by atoms with van der Waals surface area (Å²) in [6, 6.07) is 0. The van der Waals surface area contributed by atoms with E-state index in [-0.39, 0.29) is 5.60 Å². The van der Waals surface area contributed by atoms with Crippen molar-refractivity contribution in [1.82, 2.24) is 0 Å². The Kier molecular flexibility index (Phi) is 0.663. The van der Waals surface area contributed by atoms with Gasteiger partial charge >= 0.3 is 0 Å². The van der Waals surface area contributed by atoms with Gasteiger partial charge in [-0.1, -0.05) is 6.92 Å². The molecule has 1 nitrogen and oxygen atoms in total. The lowest BCUT2D eigenvalue weighted by atomic mass is 10.00. The molecule has 2 unspecified atom stereocenters. The van der Waals surface area contributed by atoms with Crippen LogP contribution in [0.5, 0.6) is 0 Å². The summed E-state index contributed by atoms with van der Waals surface area (Å²) < 4.78 is 5.37. The fourth-order valence-corrected chi connectivity index (χ4v) is 1.53. The van der Waals surface area contributed by atoms with E-state index >= 15 is 0 Å². The Morgan fingerprint density at radius 2 is 2.50 bits per heavy atom. The molecule has 2 aliphatic rings. The smallest absolute Gasteiger partial charge is 0.130 e. The first kappa shape index (κ1) is 4.80. The third-order valence-electron chi connectivity index (χ3n) is 2.59. The molecule has 2 atom stereocenters. The van der Waals surface area contributed by atoms with Crippen molar-refractivity contribution >= 4 is 0 Å². The molecule has 1 radical (unpaired) electrons. The molecule has 0 amide bonds. The van der Waals surface area contributed by atoms with E-state index in [1.165, 1.54) is 18.9 Å². The van der Waals surface area contributed by atoms with E-state index in [1.807, 2.05) is 0 Å². The molecular formula is C7H11O. The zero-order chi connectivity index (χ0) is 5.78. The van der Waals surface area contributed by atoms with Crippen molar-refractivity contribution in [2.45, 2.75) is 32.3 Å². The molecule has 1 saturated heterocycles. The van der Waals surface area contributed by atoms with Gasteiger partial charge in [0.15, 0.2) is 0 Å². The van der Waals surface area contributed by atoms with Crippen LogP contribution >= 0.6 is 0 Å². The third-order valence-corrected chi connectivity index (χ3v) is 2.59. The maximum absolute atomic E-state index is 5.37. The van der Waals surface area contributed by atoms with E-state index in [9.17, 15) is 0 Å². The van der Waals surface area contributed by atoms with Gasteiger partial charge in [0.1, 0.15) is 11.7 Å². The maximum atomic E-state index is 5.37. The predicted octanol–water partition coefficient (Wildman–Crippen LogP) is 1.74. The highest BCUT2D eigenvalue weighted by Gasteiger charge is 2.60. The van der Waals surface area contributed by atoms with Crippen LogP contribution in [0.4, 0.5) is 0 Å². The number of hydrogen-bond donors (Lipinski definition) is 0. The SMILES string of the molecule is CC1CC[C]2OC21C. The first-order valence-electron chi connectivity index (χ1n) is 3.29. The zero-order valence-electron chi connectivity index (χ0n) is 5.40. The largest absolute Gasteiger partial charge is 0.359 e. The lowest BCUT2D eigenvalue weighted by Crippen LogP contribution is -2.11. The molecular weight excluding hydrogens is 100 g/mol. The van der Waals surface area contributed by atoms with E-state index in [1.54, 1.807) is 0 Å². The van der Waals surface area contributed by atoms with Gasteiger partial charge in [0.2, 0.25) is 0 Å². The minimum absolute atomic E-state index is 0.236. The highest BCUT2D eigenvalue weighted by molar-refractivity contribution is 5.21. The van der Waals surface area contributed by atoms with E-state index in [0.717, 1.165) is 5.92 Å². The summed E-state index contributed by atoms with van der Waals surface area (Å²) in [4.78, 5) is 0. The second kappa shape index (κ2) is 1.10. The van der Waals surface area contributed by atoms with Crippen molar-refractivity contribution in [1.29, 1.82) is 0 Å². The summed E-state index contributed by atoms with van der Waals surface area (Å²) in [5, 5.41) is 0. The molecule has 1 aliphatic heterocycles. The van der Waals surface area contributed by atoms with Gasteiger partial charge in [0.25, 0.3) is 0 Å². The van der Waals surface area contributed by atoms with Crippen molar-refractivity contribution < 1.29 is 4.74 Å². The third kappa shape index (κ3) is 0.368. The molecule has 0 aromatic carbocycles. The molecule has 2 rings (SSSR count). The average Bonchev–Trinajstić information content (AvgIpc) is 2.31. The Morgan fingerprint density at radius 1 is 1.75 bits per heavy atom. The van der Waals surface area contributed by atoms with Crippen LogP contribution in [0, 0.1) is 12.0 Å². The Labute approximate surface area is 50.0 Å². The summed E-state index contributed by atoms with van der Waals surface area (Å²) >= 11 is 0. The molecule has 2 fully saturated rings. The second-order valence-electron chi connectivity index (χ2n) is 3.07. The number of ether oxygens (including phenoxy) is 1. The van der Waals surface area contributed by atoms with E-state index in [0.29, 0.717) is 0 Å². The highest BCUT2D eigenvalue weighted by atomic mass is 16.6. The van der Waals surface area contributed by atoms with Gasteiger partial charge in [-0.2, -0.15) is 0 Å². The number of rotatable bonds is 0. The maximum Gasteiger partial charge on any atom is 0.130 e. The van der Waals surface area contributed by atoms with Crippen LogP contribution in [0.2, 0.25) is 0 Å². The van der Waals surface area contributed by atoms with E-state index in [2.05, 4.69) is 13.8 Å². The Morgan fingerprint density at radius 3 is 2.62 bits per heavy atom. The van der Waals surface area contributed by atoms with Gasteiger partial charge in [0, 0.05) is 0 Å². The number of epoxide rings is 1. The van der Waals surface area contributed by atoms with Gasteiger partial charge in [-0.25, -0.2) is 0 Å². The summed E-state index contributed by atoms with van der Waals surface area (Å²) in [5.74, 6) is 0.775. The predicted molar refractivity (Wildman–Crippen MR) is 31.1 cm³/mol. The molecule has 1 heterocycles. The van der Waals surface area contributed by atoms with E-state index in [4.69, 9.17) is 4.74 Å². The lowest BCUT2D eigenvalue weighted by molar-refractivity contribution is 0.223. The summed E-state index contributed by atoms with van der Waals surface area (Å²) in [6.45, 7) is 4.46. The second-order valence-corrected chi connectivity index (χ2v) is 3.07. The van der Waals surface area contributed by atoms with Gasteiger partial charge in [-0.05, 0) is 25.7 Å². The molecule has 8 heavy (non-hydrogen) atoms. The molecule has 1 saturated carbocycles. The molecule has 0 aromatic rings. The summed E-state index contributed by atoms with van der Waals surface area (Å²) in [5.41, 5.74) is 0.236. The fourth-order valence-electron chi connectivity index (χ4n) is 1.53. The first-order valence-corrected chi connectivity index (χ1v) is 3.29. The topological polar surface area (TPSA) is 12.5 Å². The quantitative estimate of drug-likeness (QED) is 0.434. The molecule has 0 N–H and O–H groups in total. The minimum Gasteiger partial charge on any atom is -0.359 e. The van der Waals surface area contributed by atoms with Crippen LogP contribution in [0.25, 0.3) is 0 Å². The molecule has 1 heteroatoms. The monoisotopic (exact) mass is 111 g/mol. The molecule has 45 valence electrons. The normalized spacial score (nSPS) is 54.0. The van der Waals surface area contributed by atoms with E-state index < -0.39 is 0 Å². The van der Waals surface area contributed by atoms with Gasteiger partial charge < -0.3 is 4.74 Å². The zero-order valence-corrected chi connectivity index (χ0v) is 5.40. The molecule has 0 aromatic heterocycles. The van der Waals surface area contributed by atoms with Crippen LogP contribution in [0.15, 0.2) is 0 Å². The molecule has 1 aliphatic carbocycles. The number of hydrogen-bond acceptors (Lipinski definition) is 1. The van der Waals surface area contributed by atoms with Crippen LogP contribution in [0.3, 0.4) is 0 Å². The van der Waals surface area contributed by atoms with Crippen molar-refractivity contribution in [3.63, 3.8) is 0 Å². The highest BCUT2D eigenvalue weighted by Crippen LogP contribution is 2.58. The van der Waals surface area contributed by atoms with Gasteiger partial charge in [-0.15, -0.1) is 0 Å². The standard InChI is InChI=1S/C7H11O/c1-5-3-4-6-7(5,2)8-6/h5H,3-4H2,1-2H3. The van der Waals surface area contributed by atoms with Crippen LogP contribution < -0.4 is 0 Å². The minimum atomic E-state index is 0.236. The van der Waals surface area contributed by atoms with Crippen LogP contribution in [-0.2, 0) is 4.74 Å². The van der Waals surface area contributed by atoms with Crippen molar-refractivity contribution in [2.24, 2.45) is 5.92 Å². The van der Waals surface area contributed by atoms with Crippen LogP contribution in [0.1, 0.15) is 26.7 Å². The summed E-state index contributed by atoms with van der Waals surface area (Å²) in [7, 11) is 0. The molecule has 0 bridgehead atoms. The first-order chi connectivity index (χ1) is 3.73. The van der Waals surface area contributed by atoms with Gasteiger partial charge in [-0.3, -0.25) is 0 Å². The average molecular weight is 111 g/mol.